The number of carbonyl (C=O) groups excluding carboxylic acids is 2. The van der Waals surface area contributed by atoms with E-state index in [1.165, 1.54) is 0 Å². The van der Waals surface area contributed by atoms with Crippen LogP contribution in [-0.2, 0) is 9.53 Å². The van der Waals surface area contributed by atoms with E-state index in [1.807, 2.05) is 39.0 Å². The fraction of sp³-hybridized carbons (Fsp3) is 0.417. The van der Waals surface area contributed by atoms with Crippen LogP contribution in [0.25, 0.3) is 11.0 Å². The predicted octanol–water partition coefficient (Wildman–Crippen LogP) is 3.21. The molecule has 0 radical (unpaired) electrons. The van der Waals surface area contributed by atoms with Crippen LogP contribution in [0.5, 0.6) is 0 Å². The molecule has 2 aromatic heterocycles. The molecule has 1 unspecified atom stereocenters. The Balaban J connectivity index is 1.42. The van der Waals surface area contributed by atoms with Crippen molar-refractivity contribution in [2.24, 2.45) is 0 Å². The van der Waals surface area contributed by atoms with Crippen molar-refractivity contribution in [3.05, 3.63) is 53.9 Å². The molecule has 0 N–H and O–H groups in total. The van der Waals surface area contributed by atoms with Gasteiger partial charge in [-0.1, -0.05) is 18.2 Å². The fourth-order valence-electron chi connectivity index (χ4n) is 4.05. The molecule has 32 heavy (non-hydrogen) atoms. The Hall–Kier alpha value is -3.42. The first-order valence-electron chi connectivity index (χ1n) is 11.0. The molecule has 168 valence electrons. The molecule has 1 atom stereocenters. The van der Waals surface area contributed by atoms with Crippen molar-refractivity contribution in [1.82, 2.24) is 19.7 Å². The second kappa shape index (κ2) is 8.98. The van der Waals surface area contributed by atoms with Crippen LogP contribution in [0.15, 0.2) is 42.6 Å². The summed E-state index contributed by atoms with van der Waals surface area (Å²) < 4.78 is 7.36. The van der Waals surface area contributed by atoms with Crippen LogP contribution >= 0.6 is 0 Å². The Morgan fingerprint density at radius 2 is 1.72 bits per heavy atom. The van der Waals surface area contributed by atoms with Crippen LogP contribution in [0.1, 0.15) is 42.9 Å². The monoisotopic (exact) mass is 435 g/mol. The molecule has 1 aliphatic heterocycles. The van der Waals surface area contributed by atoms with Crippen molar-refractivity contribution in [2.45, 2.75) is 39.8 Å². The highest BCUT2D eigenvalue weighted by Gasteiger charge is 2.28. The van der Waals surface area contributed by atoms with E-state index in [2.05, 4.69) is 27.1 Å². The van der Waals surface area contributed by atoms with E-state index in [0.29, 0.717) is 35.4 Å². The number of pyridine rings is 1. The zero-order valence-corrected chi connectivity index (χ0v) is 19.0. The summed E-state index contributed by atoms with van der Waals surface area (Å²) in [6.45, 7) is 10.1. The number of carbonyl (C=O) groups is 2. The molecule has 3 heterocycles. The van der Waals surface area contributed by atoms with E-state index >= 15 is 0 Å². The summed E-state index contributed by atoms with van der Waals surface area (Å²) in [4.78, 5) is 34.4. The molecular weight excluding hydrogens is 406 g/mol. The zero-order chi connectivity index (χ0) is 22.8. The van der Waals surface area contributed by atoms with Crippen LogP contribution in [-0.4, -0.2) is 63.8 Å². The van der Waals surface area contributed by atoms with Crippen LogP contribution in [0.2, 0.25) is 0 Å². The number of hydrogen-bond donors (Lipinski definition) is 0. The molecule has 0 aliphatic carbocycles. The summed E-state index contributed by atoms with van der Waals surface area (Å²) in [5.41, 5.74) is 2.87. The molecule has 1 saturated heterocycles. The van der Waals surface area contributed by atoms with Gasteiger partial charge < -0.3 is 14.5 Å². The molecule has 0 bridgehead atoms. The zero-order valence-electron chi connectivity index (χ0n) is 19.0. The Bertz CT molecular complexity index is 1120. The van der Waals surface area contributed by atoms with E-state index in [9.17, 15) is 9.59 Å². The van der Waals surface area contributed by atoms with Crippen molar-refractivity contribution in [3.8, 4) is 0 Å². The summed E-state index contributed by atoms with van der Waals surface area (Å²) in [6.07, 6.45) is 0.766. The smallest absolute Gasteiger partial charge is 0.339 e. The summed E-state index contributed by atoms with van der Waals surface area (Å²) in [7, 11) is 0. The number of hydrogen-bond acceptors (Lipinski definition) is 6. The largest absolute Gasteiger partial charge is 0.449 e. The minimum atomic E-state index is -0.866. The lowest BCUT2D eigenvalue weighted by atomic mass is 10.1. The third-order valence-electron chi connectivity index (χ3n) is 5.75. The summed E-state index contributed by atoms with van der Waals surface area (Å²) >= 11 is 0. The van der Waals surface area contributed by atoms with Gasteiger partial charge in [0.1, 0.15) is 0 Å². The van der Waals surface area contributed by atoms with Gasteiger partial charge in [-0.05, 0) is 45.9 Å². The third-order valence-corrected chi connectivity index (χ3v) is 5.75. The molecule has 8 nitrogen and oxygen atoms in total. The molecule has 8 heteroatoms. The minimum Gasteiger partial charge on any atom is -0.449 e. The molecule has 1 aromatic carbocycles. The van der Waals surface area contributed by atoms with Crippen molar-refractivity contribution in [1.29, 1.82) is 0 Å². The number of esters is 1. The molecule has 3 aromatic rings. The second-order valence-corrected chi connectivity index (χ2v) is 8.43. The summed E-state index contributed by atoms with van der Waals surface area (Å²) in [6, 6.07) is 12.0. The number of aryl methyl sites for hydroxylation is 1. The lowest BCUT2D eigenvalue weighted by Gasteiger charge is -2.37. The topological polar surface area (TPSA) is 80.6 Å². The van der Waals surface area contributed by atoms with Gasteiger partial charge in [0.25, 0.3) is 5.91 Å². The number of piperazine rings is 1. The summed E-state index contributed by atoms with van der Waals surface area (Å²) in [5, 5.41) is 5.00. The van der Waals surface area contributed by atoms with Gasteiger partial charge in [0.2, 0.25) is 0 Å². The lowest BCUT2D eigenvalue weighted by Crippen LogP contribution is -2.51. The van der Waals surface area contributed by atoms with Crippen molar-refractivity contribution < 1.29 is 14.3 Å². The Morgan fingerprint density at radius 3 is 2.38 bits per heavy atom. The standard InChI is InChI=1S/C24H29N5O3/c1-16(2)29-22-21(15-25-29)20(14-17(3)26-22)24(31)32-18(4)23(30)28-12-10-27(11-13-28)19-8-6-5-7-9-19/h5-9,14-16,18H,10-13H2,1-4H3. The number of benzene rings is 1. The SMILES string of the molecule is Cc1cc(C(=O)OC(C)C(=O)N2CCN(c3ccccc3)CC2)c2cnn(C(C)C)c2n1. The van der Waals surface area contributed by atoms with Crippen LogP contribution in [0.3, 0.4) is 0 Å². The van der Waals surface area contributed by atoms with Gasteiger partial charge in [0.15, 0.2) is 11.8 Å². The van der Waals surface area contributed by atoms with Crippen molar-refractivity contribution >= 4 is 28.6 Å². The van der Waals surface area contributed by atoms with Gasteiger partial charge in [-0.25, -0.2) is 14.5 Å². The van der Waals surface area contributed by atoms with Gasteiger partial charge >= 0.3 is 5.97 Å². The van der Waals surface area contributed by atoms with Crippen LogP contribution in [0.4, 0.5) is 5.69 Å². The van der Waals surface area contributed by atoms with Gasteiger partial charge in [-0.15, -0.1) is 0 Å². The van der Waals surface area contributed by atoms with E-state index < -0.39 is 12.1 Å². The average Bonchev–Trinajstić information content (AvgIpc) is 3.22. The third kappa shape index (κ3) is 4.30. The number of anilines is 1. The summed E-state index contributed by atoms with van der Waals surface area (Å²) in [5.74, 6) is -0.710. The molecule has 1 amide bonds. The molecule has 0 saturated carbocycles. The molecule has 1 fully saturated rings. The highest BCUT2D eigenvalue weighted by molar-refractivity contribution is 6.03. The normalized spacial score (nSPS) is 15.3. The first kappa shape index (κ1) is 21.8. The number of aromatic nitrogens is 3. The maximum absolute atomic E-state index is 13.0. The maximum atomic E-state index is 13.0. The van der Waals surface area contributed by atoms with Crippen molar-refractivity contribution in [3.63, 3.8) is 0 Å². The highest BCUT2D eigenvalue weighted by Crippen LogP contribution is 2.22. The number of amides is 1. The van der Waals surface area contributed by atoms with Crippen LogP contribution in [0, 0.1) is 6.92 Å². The quantitative estimate of drug-likeness (QED) is 0.573. The predicted molar refractivity (Wildman–Crippen MR) is 123 cm³/mol. The van der Waals surface area contributed by atoms with E-state index in [-0.39, 0.29) is 11.9 Å². The van der Waals surface area contributed by atoms with E-state index in [0.717, 1.165) is 18.8 Å². The second-order valence-electron chi connectivity index (χ2n) is 8.43. The number of para-hydroxylation sites is 1. The molecular formula is C24H29N5O3. The number of fused-ring (bicyclic) bond motifs is 1. The Morgan fingerprint density at radius 1 is 1.03 bits per heavy atom. The maximum Gasteiger partial charge on any atom is 0.339 e. The van der Waals surface area contributed by atoms with Gasteiger partial charge in [-0.2, -0.15) is 5.10 Å². The molecule has 1 aliphatic rings. The number of rotatable bonds is 5. The molecule has 4 rings (SSSR count). The first-order chi connectivity index (χ1) is 15.3. The van der Waals surface area contributed by atoms with Crippen molar-refractivity contribution in [2.75, 3.05) is 31.1 Å². The fourth-order valence-corrected chi connectivity index (χ4v) is 4.05. The lowest BCUT2D eigenvalue weighted by molar-refractivity contribution is -0.140. The van der Waals surface area contributed by atoms with Gasteiger partial charge in [-0.3, -0.25) is 4.79 Å². The van der Waals surface area contributed by atoms with Crippen LogP contribution < -0.4 is 4.90 Å². The highest BCUT2D eigenvalue weighted by atomic mass is 16.5. The first-order valence-corrected chi connectivity index (χ1v) is 11.0. The van der Waals surface area contributed by atoms with E-state index in [4.69, 9.17) is 4.74 Å². The Labute approximate surface area is 187 Å². The number of nitrogens with zero attached hydrogens (tertiary/aromatic N) is 5. The van der Waals surface area contributed by atoms with E-state index in [1.54, 1.807) is 28.8 Å². The minimum absolute atomic E-state index is 0.112. The Kier molecular flexibility index (Phi) is 6.12. The number of ether oxygens (including phenoxy) is 1. The average molecular weight is 436 g/mol. The molecule has 0 spiro atoms. The van der Waals surface area contributed by atoms with Gasteiger partial charge in [0, 0.05) is 43.6 Å². The van der Waals surface area contributed by atoms with Gasteiger partial charge in [0.05, 0.1) is 17.1 Å².